The van der Waals surface area contributed by atoms with Crippen LogP contribution in [0.25, 0.3) is 11.0 Å². The summed E-state index contributed by atoms with van der Waals surface area (Å²) in [6, 6.07) is 6.29. The van der Waals surface area contributed by atoms with E-state index in [1.807, 2.05) is 11.6 Å². The van der Waals surface area contributed by atoms with Crippen molar-refractivity contribution >= 4 is 17.0 Å². The summed E-state index contributed by atoms with van der Waals surface area (Å²) in [6.07, 6.45) is 0. The molecule has 0 aliphatic carbocycles. The van der Waals surface area contributed by atoms with E-state index in [0.717, 1.165) is 17.0 Å². The summed E-state index contributed by atoms with van der Waals surface area (Å²) in [5, 5.41) is 11.9. The van der Waals surface area contributed by atoms with Gasteiger partial charge in [-0.15, -0.1) is 0 Å². The maximum Gasteiger partial charge on any atom is 0.355 e. The minimum absolute atomic E-state index is 0.133. The third-order valence-corrected chi connectivity index (χ3v) is 2.51. The first kappa shape index (κ1) is 9.98. The predicted octanol–water partition coefficient (Wildman–Crippen LogP) is 0.705. The highest BCUT2D eigenvalue weighted by molar-refractivity contribution is 5.73. The van der Waals surface area contributed by atoms with E-state index in [2.05, 4.69) is 35.4 Å². The van der Waals surface area contributed by atoms with Gasteiger partial charge in [0, 0.05) is 0 Å². The molecule has 0 fully saturated rings. The summed E-state index contributed by atoms with van der Waals surface area (Å²) in [4.78, 5) is 3.28. The Kier molecular flexibility index (Phi) is 2.60. The molecule has 0 bridgehead atoms. The molecule has 0 aliphatic rings. The number of rotatable bonds is 3. The van der Waals surface area contributed by atoms with E-state index in [1.165, 1.54) is 5.56 Å². The molecule has 2 aromatic rings. The third-order valence-electron chi connectivity index (χ3n) is 2.51. The zero-order valence-electron chi connectivity index (χ0n) is 9.04. The number of hydrogen-bond donors (Lipinski definition) is 3. The van der Waals surface area contributed by atoms with Gasteiger partial charge in [-0.25, -0.2) is 9.55 Å². The second-order valence-corrected chi connectivity index (χ2v) is 3.70. The lowest BCUT2D eigenvalue weighted by atomic mass is 10.2. The molecule has 0 saturated carbocycles. The second kappa shape index (κ2) is 3.90. The summed E-state index contributed by atoms with van der Waals surface area (Å²) in [5.74, 6) is 0.921. The average molecular weight is 206 g/mol. The van der Waals surface area contributed by atoms with Crippen LogP contribution in [0.15, 0.2) is 18.2 Å². The Morgan fingerprint density at radius 1 is 1.47 bits per heavy atom. The van der Waals surface area contributed by atoms with Crippen molar-refractivity contribution in [3.05, 3.63) is 23.8 Å². The van der Waals surface area contributed by atoms with Gasteiger partial charge >= 0.3 is 5.95 Å². The number of aliphatic hydroxyl groups is 1. The van der Waals surface area contributed by atoms with E-state index in [0.29, 0.717) is 6.54 Å². The number of benzene rings is 1. The van der Waals surface area contributed by atoms with Crippen LogP contribution in [0.3, 0.4) is 0 Å². The van der Waals surface area contributed by atoms with Gasteiger partial charge in [0.25, 0.3) is 0 Å². The van der Waals surface area contributed by atoms with Crippen LogP contribution in [0.4, 0.5) is 5.95 Å². The second-order valence-electron chi connectivity index (χ2n) is 3.70. The molecule has 1 aromatic heterocycles. The lowest BCUT2D eigenvalue weighted by Gasteiger charge is -1.95. The summed E-state index contributed by atoms with van der Waals surface area (Å²) in [6.45, 7) is 2.76. The van der Waals surface area contributed by atoms with Crippen molar-refractivity contribution in [2.24, 2.45) is 7.05 Å². The minimum atomic E-state index is 0.133. The number of hydrogen-bond acceptors (Lipinski definition) is 2. The smallest absolute Gasteiger partial charge is 0.355 e. The van der Waals surface area contributed by atoms with Gasteiger partial charge in [0.05, 0.1) is 20.2 Å². The molecule has 80 valence electrons. The molecule has 0 radical (unpaired) electrons. The highest BCUT2D eigenvalue weighted by atomic mass is 16.3. The van der Waals surface area contributed by atoms with Crippen molar-refractivity contribution in [3.63, 3.8) is 0 Å². The number of aromatic amines is 1. The van der Waals surface area contributed by atoms with Crippen LogP contribution >= 0.6 is 0 Å². The lowest BCUT2D eigenvalue weighted by molar-refractivity contribution is -0.629. The van der Waals surface area contributed by atoms with E-state index in [9.17, 15) is 0 Å². The highest BCUT2D eigenvalue weighted by Gasteiger charge is 2.12. The van der Waals surface area contributed by atoms with Crippen LogP contribution < -0.4 is 9.88 Å². The third kappa shape index (κ3) is 1.80. The van der Waals surface area contributed by atoms with Gasteiger partial charge in [-0.1, -0.05) is 6.07 Å². The fourth-order valence-electron chi connectivity index (χ4n) is 1.71. The van der Waals surface area contributed by atoms with Crippen molar-refractivity contribution in [2.75, 3.05) is 18.5 Å². The lowest BCUT2D eigenvalue weighted by Crippen LogP contribution is -2.31. The van der Waals surface area contributed by atoms with Crippen LogP contribution in [-0.4, -0.2) is 23.2 Å². The Bertz CT molecular complexity index is 476. The molecule has 0 atom stereocenters. The molecule has 2 rings (SSSR count). The average Bonchev–Trinajstić information content (AvgIpc) is 2.52. The van der Waals surface area contributed by atoms with Crippen LogP contribution in [0.1, 0.15) is 5.56 Å². The fraction of sp³-hybridized carbons (Fsp3) is 0.364. The van der Waals surface area contributed by atoms with Crippen molar-refractivity contribution in [1.82, 2.24) is 4.98 Å². The Morgan fingerprint density at radius 3 is 3.00 bits per heavy atom. The summed E-state index contributed by atoms with van der Waals surface area (Å²) in [5.41, 5.74) is 3.50. The Morgan fingerprint density at radius 2 is 2.27 bits per heavy atom. The molecule has 4 nitrogen and oxygen atoms in total. The zero-order valence-corrected chi connectivity index (χ0v) is 9.04. The Balaban J connectivity index is 2.44. The molecule has 15 heavy (non-hydrogen) atoms. The first-order valence-corrected chi connectivity index (χ1v) is 5.05. The van der Waals surface area contributed by atoms with Crippen LogP contribution in [0.5, 0.6) is 0 Å². The number of nitrogens with zero attached hydrogens (tertiary/aromatic N) is 1. The maximum absolute atomic E-state index is 8.75. The van der Waals surface area contributed by atoms with Crippen molar-refractivity contribution in [3.8, 4) is 0 Å². The van der Waals surface area contributed by atoms with Gasteiger partial charge < -0.3 is 5.11 Å². The number of fused-ring (bicyclic) bond motifs is 1. The van der Waals surface area contributed by atoms with E-state index in [-0.39, 0.29) is 6.61 Å². The highest BCUT2D eigenvalue weighted by Crippen LogP contribution is 2.13. The number of aliphatic hydroxyl groups excluding tert-OH is 1. The standard InChI is InChI=1S/C11H15N3O/c1-8-3-4-10-9(7-8)13-11(14(10)2)12-5-6-15/h3-4,7,15H,5-6H2,1-2H3,(H,12,13)/p+1. The van der Waals surface area contributed by atoms with Gasteiger partial charge in [-0.2, -0.15) is 0 Å². The van der Waals surface area contributed by atoms with E-state index < -0.39 is 0 Å². The van der Waals surface area contributed by atoms with Crippen LogP contribution in [0.2, 0.25) is 0 Å². The summed E-state index contributed by atoms with van der Waals surface area (Å²) >= 11 is 0. The molecule has 3 N–H and O–H groups in total. The minimum Gasteiger partial charge on any atom is -0.393 e. The van der Waals surface area contributed by atoms with Gasteiger partial charge in [0.1, 0.15) is 11.0 Å². The largest absolute Gasteiger partial charge is 0.393 e. The first-order valence-electron chi connectivity index (χ1n) is 5.05. The number of aromatic nitrogens is 2. The normalized spacial score (nSPS) is 10.9. The Hall–Kier alpha value is -1.55. The Labute approximate surface area is 88.6 Å². The van der Waals surface area contributed by atoms with E-state index >= 15 is 0 Å². The monoisotopic (exact) mass is 206 g/mol. The summed E-state index contributed by atoms with van der Waals surface area (Å²) in [7, 11) is 1.99. The van der Waals surface area contributed by atoms with Gasteiger partial charge in [-0.3, -0.25) is 5.32 Å². The number of anilines is 1. The number of imidazole rings is 1. The van der Waals surface area contributed by atoms with Crippen LogP contribution in [-0.2, 0) is 7.05 Å². The molecule has 0 aliphatic heterocycles. The van der Waals surface area contributed by atoms with E-state index in [1.54, 1.807) is 0 Å². The molecule has 0 amide bonds. The van der Waals surface area contributed by atoms with Crippen molar-refractivity contribution in [1.29, 1.82) is 0 Å². The molecule has 0 unspecified atom stereocenters. The zero-order chi connectivity index (χ0) is 10.8. The topological polar surface area (TPSA) is 51.9 Å². The molecular formula is C11H16N3O+. The quantitative estimate of drug-likeness (QED) is 0.648. The van der Waals surface area contributed by atoms with Gasteiger partial charge in [-0.05, 0) is 24.6 Å². The van der Waals surface area contributed by atoms with Crippen LogP contribution in [0, 0.1) is 6.92 Å². The number of H-pyrrole nitrogens is 1. The first-order chi connectivity index (χ1) is 7.22. The molecule has 0 spiro atoms. The van der Waals surface area contributed by atoms with Crippen molar-refractivity contribution < 1.29 is 9.67 Å². The fourth-order valence-corrected chi connectivity index (χ4v) is 1.71. The predicted molar refractivity (Wildman–Crippen MR) is 59.8 cm³/mol. The molecular weight excluding hydrogens is 190 g/mol. The van der Waals surface area contributed by atoms with Crippen molar-refractivity contribution in [2.45, 2.75) is 6.92 Å². The van der Waals surface area contributed by atoms with Gasteiger partial charge in [0.15, 0.2) is 0 Å². The summed E-state index contributed by atoms with van der Waals surface area (Å²) < 4.78 is 2.05. The van der Waals surface area contributed by atoms with Gasteiger partial charge in [0.2, 0.25) is 0 Å². The SMILES string of the molecule is Cc1ccc2c(c1)[nH]c(NCCO)[n+]2C. The molecule has 0 saturated heterocycles. The molecule has 1 aromatic carbocycles. The molecule has 4 heteroatoms. The maximum atomic E-state index is 8.75. The number of aryl methyl sites for hydroxylation is 2. The number of nitrogens with one attached hydrogen (secondary N) is 2. The molecule has 1 heterocycles. The van der Waals surface area contributed by atoms with E-state index in [4.69, 9.17) is 5.11 Å².